The van der Waals surface area contributed by atoms with Crippen molar-refractivity contribution in [3.8, 4) is 0 Å². The van der Waals surface area contributed by atoms with E-state index in [1.54, 1.807) is 0 Å². The minimum atomic E-state index is -2.39. The molecule has 2 saturated heterocycles. The summed E-state index contributed by atoms with van der Waals surface area (Å²) in [5, 5.41) is 3.14. The topological polar surface area (TPSA) is 30.5 Å². The van der Waals surface area contributed by atoms with Gasteiger partial charge in [0, 0.05) is 13.2 Å². The zero-order valence-corrected chi connectivity index (χ0v) is 7.97. The highest BCUT2D eigenvalue weighted by Crippen LogP contribution is 2.28. The molecule has 2 aliphatic heterocycles. The summed E-state index contributed by atoms with van der Waals surface area (Å²) in [6.07, 6.45) is -1.33. The molecule has 2 aliphatic rings. The monoisotopic (exact) mass is 207 g/mol. The molecule has 2 unspecified atom stereocenters. The second kappa shape index (κ2) is 4.08. The van der Waals surface area contributed by atoms with E-state index in [-0.39, 0.29) is 0 Å². The molecule has 2 fully saturated rings. The normalized spacial score (nSPS) is 39.2. The maximum absolute atomic E-state index is 12.5. The van der Waals surface area contributed by atoms with E-state index in [4.69, 9.17) is 9.47 Å². The molecule has 1 spiro atoms. The summed E-state index contributed by atoms with van der Waals surface area (Å²) in [4.78, 5) is 0. The van der Waals surface area contributed by atoms with E-state index >= 15 is 0 Å². The Kier molecular flexibility index (Phi) is 2.99. The molecule has 2 atom stereocenters. The highest BCUT2D eigenvalue weighted by Gasteiger charge is 2.41. The Morgan fingerprint density at radius 2 is 2.29 bits per heavy atom. The Morgan fingerprint density at radius 3 is 2.93 bits per heavy atom. The number of alkyl halides is 2. The molecule has 0 aliphatic carbocycles. The van der Waals surface area contributed by atoms with Crippen LogP contribution >= 0.6 is 0 Å². The van der Waals surface area contributed by atoms with E-state index in [9.17, 15) is 8.78 Å². The van der Waals surface area contributed by atoms with Gasteiger partial charge in [0.2, 0.25) is 0 Å². The third kappa shape index (κ3) is 2.04. The first-order chi connectivity index (χ1) is 6.72. The summed E-state index contributed by atoms with van der Waals surface area (Å²) in [6.45, 7) is 1.67. The van der Waals surface area contributed by atoms with E-state index in [2.05, 4.69) is 5.32 Å². The van der Waals surface area contributed by atoms with Gasteiger partial charge in [-0.05, 0) is 19.3 Å². The van der Waals surface area contributed by atoms with Gasteiger partial charge >= 0.3 is 0 Å². The molecule has 0 saturated carbocycles. The van der Waals surface area contributed by atoms with Crippen LogP contribution in [0, 0.1) is 0 Å². The Morgan fingerprint density at radius 1 is 1.43 bits per heavy atom. The van der Waals surface area contributed by atoms with Gasteiger partial charge in [-0.15, -0.1) is 0 Å². The minimum Gasteiger partial charge on any atom is -0.377 e. The van der Waals surface area contributed by atoms with Crippen LogP contribution in [0.5, 0.6) is 0 Å². The SMILES string of the molecule is FC(F)C1CCNC2(CCCOC2)O1. The molecule has 14 heavy (non-hydrogen) atoms. The lowest BCUT2D eigenvalue weighted by atomic mass is 10.0. The van der Waals surface area contributed by atoms with Crippen molar-refractivity contribution in [2.24, 2.45) is 0 Å². The van der Waals surface area contributed by atoms with Crippen LogP contribution in [0.4, 0.5) is 8.78 Å². The van der Waals surface area contributed by atoms with Gasteiger partial charge < -0.3 is 9.47 Å². The first-order valence-corrected chi connectivity index (χ1v) is 5.01. The lowest BCUT2D eigenvalue weighted by Crippen LogP contribution is -2.60. The van der Waals surface area contributed by atoms with Crippen molar-refractivity contribution in [1.29, 1.82) is 0 Å². The van der Waals surface area contributed by atoms with Crippen LogP contribution in [0.15, 0.2) is 0 Å². The first-order valence-electron chi connectivity index (χ1n) is 5.01. The summed E-state index contributed by atoms with van der Waals surface area (Å²) < 4.78 is 35.6. The van der Waals surface area contributed by atoms with Crippen molar-refractivity contribution in [2.75, 3.05) is 19.8 Å². The van der Waals surface area contributed by atoms with Crippen molar-refractivity contribution in [1.82, 2.24) is 5.32 Å². The van der Waals surface area contributed by atoms with E-state index in [0.29, 0.717) is 26.2 Å². The predicted octanol–water partition coefficient (Wildman–Crippen LogP) is 1.14. The van der Waals surface area contributed by atoms with Gasteiger partial charge in [0.1, 0.15) is 11.8 Å². The van der Waals surface area contributed by atoms with Crippen molar-refractivity contribution in [3.05, 3.63) is 0 Å². The quantitative estimate of drug-likeness (QED) is 0.699. The van der Waals surface area contributed by atoms with Crippen molar-refractivity contribution in [3.63, 3.8) is 0 Å². The van der Waals surface area contributed by atoms with Crippen LogP contribution in [0.1, 0.15) is 19.3 Å². The third-order valence-electron chi connectivity index (χ3n) is 2.74. The molecule has 1 N–H and O–H groups in total. The van der Waals surface area contributed by atoms with Crippen molar-refractivity contribution < 1.29 is 18.3 Å². The molecule has 0 bridgehead atoms. The zero-order valence-electron chi connectivity index (χ0n) is 7.97. The lowest BCUT2D eigenvalue weighted by molar-refractivity contribution is -0.221. The smallest absolute Gasteiger partial charge is 0.264 e. The summed E-state index contributed by atoms with van der Waals surface area (Å²) >= 11 is 0. The van der Waals surface area contributed by atoms with Crippen LogP contribution in [-0.2, 0) is 9.47 Å². The lowest BCUT2D eigenvalue weighted by Gasteiger charge is -2.43. The fourth-order valence-electron chi connectivity index (χ4n) is 2.01. The molecule has 2 rings (SSSR count). The first kappa shape index (κ1) is 10.3. The number of hydrogen-bond acceptors (Lipinski definition) is 3. The predicted molar refractivity (Wildman–Crippen MR) is 46.3 cm³/mol. The molecule has 0 amide bonds. The van der Waals surface area contributed by atoms with Crippen LogP contribution in [0.2, 0.25) is 0 Å². The van der Waals surface area contributed by atoms with Gasteiger partial charge in [-0.1, -0.05) is 0 Å². The molecule has 0 radical (unpaired) electrons. The van der Waals surface area contributed by atoms with Crippen molar-refractivity contribution in [2.45, 2.75) is 37.5 Å². The average Bonchev–Trinajstić information content (AvgIpc) is 2.19. The van der Waals surface area contributed by atoms with Gasteiger partial charge in [0.15, 0.2) is 0 Å². The molecule has 2 heterocycles. The molecule has 0 aromatic heterocycles. The Bertz CT molecular complexity index is 190. The maximum Gasteiger partial charge on any atom is 0.264 e. The fraction of sp³-hybridized carbons (Fsp3) is 1.00. The minimum absolute atomic E-state index is 0.374. The van der Waals surface area contributed by atoms with Crippen LogP contribution in [-0.4, -0.2) is 38.0 Å². The Hall–Kier alpha value is -0.260. The van der Waals surface area contributed by atoms with Gasteiger partial charge in [-0.3, -0.25) is 5.32 Å². The number of rotatable bonds is 1. The molecule has 82 valence electrons. The molecule has 5 heteroatoms. The summed E-state index contributed by atoms with van der Waals surface area (Å²) in [5.74, 6) is 0. The maximum atomic E-state index is 12.5. The van der Waals surface area contributed by atoms with Gasteiger partial charge in [0.05, 0.1) is 6.61 Å². The summed E-state index contributed by atoms with van der Waals surface area (Å²) in [6, 6.07) is 0. The van der Waals surface area contributed by atoms with E-state index in [1.165, 1.54) is 0 Å². The summed E-state index contributed by atoms with van der Waals surface area (Å²) in [7, 11) is 0. The van der Waals surface area contributed by atoms with E-state index in [0.717, 1.165) is 12.8 Å². The van der Waals surface area contributed by atoms with Crippen LogP contribution in [0.25, 0.3) is 0 Å². The number of halogens is 2. The summed E-state index contributed by atoms with van der Waals surface area (Å²) in [5.41, 5.74) is -0.641. The standard InChI is InChI=1S/C9H15F2NO2/c10-8(11)7-2-4-12-9(14-7)3-1-5-13-6-9/h7-8,12H,1-6H2. The second-order valence-corrected chi connectivity index (χ2v) is 3.86. The molecule has 0 aromatic carbocycles. The van der Waals surface area contributed by atoms with E-state index < -0.39 is 18.3 Å². The third-order valence-corrected chi connectivity index (χ3v) is 2.74. The second-order valence-electron chi connectivity index (χ2n) is 3.86. The van der Waals surface area contributed by atoms with Gasteiger partial charge in [-0.25, -0.2) is 8.78 Å². The largest absolute Gasteiger partial charge is 0.377 e. The molecular weight excluding hydrogens is 192 g/mol. The van der Waals surface area contributed by atoms with Gasteiger partial charge in [-0.2, -0.15) is 0 Å². The number of nitrogens with one attached hydrogen (secondary N) is 1. The van der Waals surface area contributed by atoms with E-state index in [1.807, 2.05) is 0 Å². The molecule has 0 aromatic rings. The molecule has 3 nitrogen and oxygen atoms in total. The highest BCUT2D eigenvalue weighted by atomic mass is 19.3. The van der Waals surface area contributed by atoms with Crippen LogP contribution < -0.4 is 5.32 Å². The fourth-order valence-corrected chi connectivity index (χ4v) is 2.01. The Balaban J connectivity index is 1.97. The highest BCUT2D eigenvalue weighted by molar-refractivity contribution is 4.87. The Labute approximate surface area is 81.8 Å². The molecular formula is C9H15F2NO2. The van der Waals surface area contributed by atoms with Crippen LogP contribution in [0.3, 0.4) is 0 Å². The van der Waals surface area contributed by atoms with Crippen molar-refractivity contribution >= 4 is 0 Å². The average molecular weight is 207 g/mol. The zero-order chi connectivity index (χ0) is 10.0. The van der Waals surface area contributed by atoms with Gasteiger partial charge in [0.25, 0.3) is 6.43 Å². The number of hydrogen-bond donors (Lipinski definition) is 1. The number of ether oxygens (including phenoxy) is 2.